The molecule has 6 heteroatoms. The summed E-state index contributed by atoms with van der Waals surface area (Å²) in [5.41, 5.74) is 0.638. The van der Waals surface area contributed by atoms with E-state index in [0.29, 0.717) is 16.5 Å². The van der Waals surface area contributed by atoms with Crippen molar-refractivity contribution < 1.29 is 17.9 Å². The Kier molecular flexibility index (Phi) is 4.58. The van der Waals surface area contributed by atoms with Gasteiger partial charge in [-0.05, 0) is 31.2 Å². The van der Waals surface area contributed by atoms with E-state index in [0.717, 1.165) is 6.07 Å². The fourth-order valence-electron chi connectivity index (χ4n) is 1.49. The average Bonchev–Trinajstić information content (AvgIpc) is 2.32. The molecule has 0 radical (unpaired) electrons. The standard InChI is InChI=1S/C11H8F3NO2.C2H6/c1-6-4-7-5-8(17-11(12,13)14)2-3-9(7)15-10(6)16;1-2/h2-5H,1H3,(H,15,16);1-2H3. The van der Waals surface area contributed by atoms with Gasteiger partial charge in [-0.3, -0.25) is 4.79 Å². The van der Waals surface area contributed by atoms with Crippen molar-refractivity contribution in [2.24, 2.45) is 0 Å². The predicted octanol–water partition coefficient (Wildman–Crippen LogP) is 3.76. The monoisotopic (exact) mass is 273 g/mol. The molecule has 1 N–H and O–H groups in total. The van der Waals surface area contributed by atoms with Crippen LogP contribution in [-0.2, 0) is 0 Å². The lowest BCUT2D eigenvalue weighted by Crippen LogP contribution is -2.17. The van der Waals surface area contributed by atoms with E-state index in [1.807, 2.05) is 13.8 Å². The normalized spacial score (nSPS) is 10.8. The zero-order chi connectivity index (χ0) is 14.6. The third-order valence-electron chi connectivity index (χ3n) is 2.23. The molecule has 104 valence electrons. The number of fused-ring (bicyclic) bond motifs is 1. The van der Waals surface area contributed by atoms with Crippen LogP contribution in [0.3, 0.4) is 0 Å². The third kappa shape index (κ3) is 4.01. The van der Waals surface area contributed by atoms with Gasteiger partial charge in [-0.2, -0.15) is 0 Å². The summed E-state index contributed by atoms with van der Waals surface area (Å²) in [4.78, 5) is 13.8. The quantitative estimate of drug-likeness (QED) is 0.859. The maximum absolute atomic E-state index is 12.0. The number of hydrogen-bond donors (Lipinski definition) is 1. The van der Waals surface area contributed by atoms with Crippen LogP contribution in [0.25, 0.3) is 10.9 Å². The second kappa shape index (κ2) is 5.77. The molecule has 0 aliphatic carbocycles. The van der Waals surface area contributed by atoms with Crippen molar-refractivity contribution in [1.82, 2.24) is 4.98 Å². The number of benzene rings is 1. The first-order valence-electron chi connectivity index (χ1n) is 5.74. The summed E-state index contributed by atoms with van der Waals surface area (Å²) in [5, 5.41) is 0.490. The molecule has 1 aromatic carbocycles. The number of halogens is 3. The summed E-state index contributed by atoms with van der Waals surface area (Å²) in [5.74, 6) is -0.309. The molecule has 0 fully saturated rings. The Morgan fingerprint density at radius 2 is 1.79 bits per heavy atom. The summed E-state index contributed by atoms with van der Waals surface area (Å²) in [7, 11) is 0. The number of ether oxygens (including phenoxy) is 1. The molecule has 0 amide bonds. The summed E-state index contributed by atoms with van der Waals surface area (Å²) >= 11 is 0. The zero-order valence-electron chi connectivity index (χ0n) is 10.8. The van der Waals surface area contributed by atoms with Crippen LogP contribution in [0.15, 0.2) is 29.1 Å². The second-order valence-electron chi connectivity index (χ2n) is 3.58. The lowest BCUT2D eigenvalue weighted by molar-refractivity contribution is -0.274. The van der Waals surface area contributed by atoms with Crippen molar-refractivity contribution in [3.05, 3.63) is 40.2 Å². The van der Waals surface area contributed by atoms with Gasteiger partial charge in [-0.25, -0.2) is 0 Å². The molecule has 2 rings (SSSR count). The number of aromatic nitrogens is 1. The van der Waals surface area contributed by atoms with Crippen molar-refractivity contribution in [1.29, 1.82) is 0 Å². The Morgan fingerprint density at radius 3 is 2.37 bits per heavy atom. The fourth-order valence-corrected chi connectivity index (χ4v) is 1.49. The van der Waals surface area contributed by atoms with Gasteiger partial charge < -0.3 is 9.72 Å². The van der Waals surface area contributed by atoms with Crippen LogP contribution in [0.1, 0.15) is 19.4 Å². The molecule has 0 aliphatic heterocycles. The number of H-pyrrole nitrogens is 1. The summed E-state index contributed by atoms with van der Waals surface area (Å²) < 4.78 is 39.8. The molecule has 3 nitrogen and oxygen atoms in total. The molecular weight excluding hydrogens is 259 g/mol. The van der Waals surface area contributed by atoms with E-state index in [1.54, 1.807) is 6.92 Å². The number of rotatable bonds is 1. The number of aryl methyl sites for hydroxylation is 1. The van der Waals surface area contributed by atoms with E-state index in [4.69, 9.17) is 0 Å². The Hall–Kier alpha value is -1.98. The smallest absolute Gasteiger partial charge is 0.406 e. The largest absolute Gasteiger partial charge is 0.573 e. The summed E-state index contributed by atoms with van der Waals surface area (Å²) in [6.45, 7) is 5.58. The van der Waals surface area contributed by atoms with Crippen molar-refractivity contribution in [2.45, 2.75) is 27.1 Å². The highest BCUT2D eigenvalue weighted by atomic mass is 19.4. The molecule has 2 aromatic rings. The topological polar surface area (TPSA) is 42.1 Å². The number of hydrogen-bond acceptors (Lipinski definition) is 2. The number of aromatic amines is 1. The van der Waals surface area contributed by atoms with Gasteiger partial charge in [0.25, 0.3) is 5.56 Å². The predicted molar refractivity (Wildman–Crippen MR) is 67.3 cm³/mol. The first kappa shape index (κ1) is 15.1. The second-order valence-corrected chi connectivity index (χ2v) is 3.58. The first-order chi connectivity index (χ1) is 8.85. The van der Waals surface area contributed by atoms with E-state index in [9.17, 15) is 18.0 Å². The Bertz CT molecular complexity index is 617. The van der Waals surface area contributed by atoms with E-state index < -0.39 is 6.36 Å². The summed E-state index contributed by atoms with van der Waals surface area (Å²) in [6.07, 6.45) is -4.72. The lowest BCUT2D eigenvalue weighted by atomic mass is 10.1. The molecule has 0 unspecified atom stereocenters. The van der Waals surface area contributed by atoms with Gasteiger partial charge in [0, 0.05) is 16.5 Å². The van der Waals surface area contributed by atoms with Gasteiger partial charge in [0.2, 0.25) is 0 Å². The van der Waals surface area contributed by atoms with Gasteiger partial charge in [0.15, 0.2) is 0 Å². The Morgan fingerprint density at radius 1 is 1.16 bits per heavy atom. The fraction of sp³-hybridized carbons (Fsp3) is 0.308. The molecular formula is C13H14F3NO2. The van der Waals surface area contributed by atoms with Crippen molar-refractivity contribution in [3.63, 3.8) is 0 Å². The first-order valence-corrected chi connectivity index (χ1v) is 5.74. The minimum absolute atomic E-state index is 0.262. The van der Waals surface area contributed by atoms with E-state index >= 15 is 0 Å². The average molecular weight is 273 g/mol. The lowest BCUT2D eigenvalue weighted by Gasteiger charge is -2.09. The number of pyridine rings is 1. The van der Waals surface area contributed by atoms with Gasteiger partial charge in [-0.15, -0.1) is 13.2 Å². The third-order valence-corrected chi connectivity index (χ3v) is 2.23. The molecule has 19 heavy (non-hydrogen) atoms. The van der Waals surface area contributed by atoms with Gasteiger partial charge in [-0.1, -0.05) is 13.8 Å². The van der Waals surface area contributed by atoms with Crippen LogP contribution < -0.4 is 10.3 Å². The maximum atomic E-state index is 12.0. The van der Waals surface area contributed by atoms with Crippen molar-refractivity contribution in [2.75, 3.05) is 0 Å². The summed E-state index contributed by atoms with van der Waals surface area (Å²) in [6, 6.07) is 5.27. The molecule has 1 aromatic heterocycles. The van der Waals surface area contributed by atoms with E-state index in [-0.39, 0.29) is 11.3 Å². The molecule has 0 saturated carbocycles. The molecule has 0 atom stereocenters. The van der Waals surface area contributed by atoms with E-state index in [1.165, 1.54) is 18.2 Å². The van der Waals surface area contributed by atoms with Crippen LogP contribution in [0.5, 0.6) is 5.75 Å². The van der Waals surface area contributed by atoms with Gasteiger partial charge >= 0.3 is 6.36 Å². The SMILES string of the molecule is CC.Cc1cc2cc(OC(F)(F)F)ccc2[nH]c1=O. The van der Waals surface area contributed by atoms with Gasteiger partial charge in [0.05, 0.1) is 0 Å². The van der Waals surface area contributed by atoms with Crippen LogP contribution in [0.4, 0.5) is 13.2 Å². The minimum atomic E-state index is -4.72. The van der Waals surface area contributed by atoms with Crippen LogP contribution in [0.2, 0.25) is 0 Å². The Balaban J connectivity index is 0.000000861. The van der Waals surface area contributed by atoms with Crippen LogP contribution in [-0.4, -0.2) is 11.3 Å². The number of nitrogens with one attached hydrogen (secondary N) is 1. The molecule has 0 spiro atoms. The highest BCUT2D eigenvalue weighted by Gasteiger charge is 2.31. The maximum Gasteiger partial charge on any atom is 0.573 e. The van der Waals surface area contributed by atoms with Gasteiger partial charge in [0.1, 0.15) is 5.75 Å². The highest BCUT2D eigenvalue weighted by molar-refractivity contribution is 5.80. The van der Waals surface area contributed by atoms with Crippen LogP contribution >= 0.6 is 0 Å². The zero-order valence-corrected chi connectivity index (χ0v) is 10.8. The molecule has 0 saturated heterocycles. The van der Waals surface area contributed by atoms with E-state index in [2.05, 4.69) is 9.72 Å². The minimum Gasteiger partial charge on any atom is -0.406 e. The van der Waals surface area contributed by atoms with Crippen LogP contribution in [0, 0.1) is 6.92 Å². The number of alkyl halides is 3. The molecule has 0 aliphatic rings. The molecule has 1 heterocycles. The Labute approximate surface area is 108 Å². The van der Waals surface area contributed by atoms with Crippen molar-refractivity contribution >= 4 is 10.9 Å². The van der Waals surface area contributed by atoms with Crippen molar-refractivity contribution in [3.8, 4) is 5.75 Å². The molecule has 0 bridgehead atoms. The highest BCUT2D eigenvalue weighted by Crippen LogP contribution is 2.25.